The van der Waals surface area contributed by atoms with Gasteiger partial charge in [-0.15, -0.1) is 0 Å². The van der Waals surface area contributed by atoms with Gasteiger partial charge in [0.2, 0.25) is 0 Å². The highest BCUT2D eigenvalue weighted by atomic mass is 16.5. The van der Waals surface area contributed by atoms with Crippen molar-refractivity contribution in [1.82, 2.24) is 24.7 Å². The zero-order valence-electron chi connectivity index (χ0n) is 17.5. The van der Waals surface area contributed by atoms with Gasteiger partial charge in [-0.2, -0.15) is 5.10 Å². The van der Waals surface area contributed by atoms with Crippen molar-refractivity contribution in [3.63, 3.8) is 0 Å². The summed E-state index contributed by atoms with van der Waals surface area (Å²) in [5.41, 5.74) is 3.56. The molecule has 1 aromatic carbocycles. The number of hydrogen-bond acceptors (Lipinski definition) is 5. The van der Waals surface area contributed by atoms with E-state index in [1.54, 1.807) is 37.1 Å². The number of benzene rings is 1. The molecule has 4 rings (SSSR count). The molecule has 0 aliphatic rings. The van der Waals surface area contributed by atoms with E-state index in [1.807, 2.05) is 49.6 Å². The number of hydrogen-bond donors (Lipinski definition) is 2. The van der Waals surface area contributed by atoms with Crippen molar-refractivity contribution in [2.75, 3.05) is 6.61 Å². The molecule has 0 aliphatic carbocycles. The predicted molar refractivity (Wildman–Crippen MR) is 116 cm³/mol. The van der Waals surface area contributed by atoms with Crippen LogP contribution in [0.5, 0.6) is 5.75 Å². The Labute approximate surface area is 179 Å². The topological polar surface area (TPSA) is 106 Å². The average molecular weight is 417 g/mol. The maximum absolute atomic E-state index is 11.2. The lowest BCUT2D eigenvalue weighted by Gasteiger charge is -2.19. The second-order valence-electron chi connectivity index (χ2n) is 7.98. The van der Waals surface area contributed by atoms with E-state index in [0.717, 1.165) is 33.9 Å². The molecule has 3 heterocycles. The molecule has 0 spiro atoms. The van der Waals surface area contributed by atoms with E-state index in [1.165, 1.54) is 0 Å². The van der Waals surface area contributed by atoms with Gasteiger partial charge in [0.15, 0.2) is 0 Å². The van der Waals surface area contributed by atoms with E-state index in [-0.39, 0.29) is 6.61 Å². The largest absolute Gasteiger partial charge is 0.492 e. The molecule has 8 nitrogen and oxygen atoms in total. The molecular weight excluding hydrogens is 394 g/mol. The number of ether oxygens (including phenoxy) is 1. The Morgan fingerprint density at radius 2 is 1.77 bits per heavy atom. The molecule has 0 unspecified atom stereocenters. The summed E-state index contributed by atoms with van der Waals surface area (Å²) in [6.45, 7) is 3.36. The van der Waals surface area contributed by atoms with Gasteiger partial charge in [-0.3, -0.25) is 14.5 Å². The van der Waals surface area contributed by atoms with Gasteiger partial charge in [-0.1, -0.05) is 0 Å². The normalized spacial score (nSPS) is 11.5. The van der Waals surface area contributed by atoms with Crippen molar-refractivity contribution in [3.8, 4) is 39.7 Å². The molecule has 0 radical (unpaired) electrons. The molecule has 31 heavy (non-hydrogen) atoms. The van der Waals surface area contributed by atoms with Crippen molar-refractivity contribution in [2.45, 2.75) is 13.8 Å². The third kappa shape index (κ3) is 4.48. The van der Waals surface area contributed by atoms with Crippen LogP contribution in [-0.4, -0.2) is 42.4 Å². The molecule has 3 aromatic heterocycles. The summed E-state index contributed by atoms with van der Waals surface area (Å²) < 4.78 is 7.37. The number of carboxylic acids is 1. The minimum absolute atomic E-state index is 0.0960. The molecule has 4 aromatic rings. The molecule has 8 heteroatoms. The van der Waals surface area contributed by atoms with E-state index in [0.29, 0.717) is 5.75 Å². The van der Waals surface area contributed by atoms with E-state index in [4.69, 9.17) is 4.74 Å². The molecule has 158 valence electrons. The number of imidazole rings is 1. The monoisotopic (exact) mass is 417 g/mol. The molecule has 0 bridgehead atoms. The zero-order chi connectivity index (χ0) is 22.0. The number of pyridine rings is 1. The first-order valence-corrected chi connectivity index (χ1v) is 9.79. The van der Waals surface area contributed by atoms with Gasteiger partial charge in [-0.25, -0.2) is 4.98 Å². The van der Waals surface area contributed by atoms with Crippen LogP contribution in [-0.2, 0) is 11.8 Å². The van der Waals surface area contributed by atoms with Crippen LogP contribution in [0, 0.1) is 5.41 Å². The van der Waals surface area contributed by atoms with Gasteiger partial charge >= 0.3 is 5.97 Å². The fourth-order valence-corrected chi connectivity index (χ4v) is 2.93. The summed E-state index contributed by atoms with van der Waals surface area (Å²) in [4.78, 5) is 23.5. The molecule has 0 saturated carbocycles. The highest BCUT2D eigenvalue weighted by molar-refractivity contribution is 5.73. The first kappa shape index (κ1) is 20.3. The third-order valence-electron chi connectivity index (χ3n) is 4.96. The number of aliphatic carboxylic acids is 1. The number of aromatic amines is 1. The number of carboxylic acid groups (broad SMARTS) is 1. The SMILES string of the molecule is Cn1cc(-c2cnc(-c3ccc(-c4ccc(OCC(C)(C)C(=O)O)cc4)nc3)[nH]2)cn1. The summed E-state index contributed by atoms with van der Waals surface area (Å²) in [7, 11) is 1.87. The summed E-state index contributed by atoms with van der Waals surface area (Å²) in [5.74, 6) is 0.466. The van der Waals surface area contributed by atoms with Crippen LogP contribution in [0.1, 0.15) is 13.8 Å². The summed E-state index contributed by atoms with van der Waals surface area (Å²) in [5, 5.41) is 13.4. The van der Waals surface area contributed by atoms with Crippen LogP contribution < -0.4 is 4.74 Å². The Kier molecular flexibility index (Phi) is 5.29. The Morgan fingerprint density at radius 1 is 1.03 bits per heavy atom. The highest BCUT2D eigenvalue weighted by Crippen LogP contribution is 2.26. The minimum Gasteiger partial charge on any atom is -0.492 e. The number of aromatic nitrogens is 5. The molecular formula is C23H23N5O3. The number of aryl methyl sites for hydroxylation is 1. The van der Waals surface area contributed by atoms with Crippen molar-refractivity contribution < 1.29 is 14.6 Å². The number of carbonyl (C=O) groups is 1. The first-order valence-electron chi connectivity index (χ1n) is 9.79. The van der Waals surface area contributed by atoms with Crippen molar-refractivity contribution >= 4 is 5.97 Å². The maximum Gasteiger partial charge on any atom is 0.312 e. The van der Waals surface area contributed by atoms with Gasteiger partial charge in [-0.05, 0) is 50.2 Å². The van der Waals surface area contributed by atoms with Gasteiger partial charge in [0.1, 0.15) is 18.2 Å². The minimum atomic E-state index is -0.946. The average Bonchev–Trinajstić information content (AvgIpc) is 3.42. The summed E-state index contributed by atoms with van der Waals surface area (Å²) in [6, 6.07) is 11.3. The smallest absolute Gasteiger partial charge is 0.312 e. The van der Waals surface area contributed by atoms with Crippen molar-refractivity contribution in [3.05, 3.63) is 61.2 Å². The van der Waals surface area contributed by atoms with Gasteiger partial charge in [0.05, 0.1) is 29.2 Å². The second-order valence-corrected chi connectivity index (χ2v) is 7.98. The fourth-order valence-electron chi connectivity index (χ4n) is 2.93. The van der Waals surface area contributed by atoms with Gasteiger partial charge in [0.25, 0.3) is 0 Å². The zero-order valence-corrected chi connectivity index (χ0v) is 17.5. The number of nitrogens with one attached hydrogen (secondary N) is 1. The number of nitrogens with zero attached hydrogens (tertiary/aromatic N) is 4. The van der Waals surface area contributed by atoms with Crippen LogP contribution in [0.4, 0.5) is 0 Å². The molecule has 0 saturated heterocycles. The van der Waals surface area contributed by atoms with Crippen molar-refractivity contribution in [1.29, 1.82) is 0 Å². The second kappa shape index (κ2) is 8.06. The first-order chi connectivity index (χ1) is 14.8. The quantitative estimate of drug-likeness (QED) is 0.470. The Morgan fingerprint density at radius 3 is 2.39 bits per heavy atom. The van der Waals surface area contributed by atoms with Crippen LogP contribution in [0.2, 0.25) is 0 Å². The lowest BCUT2D eigenvalue weighted by Crippen LogP contribution is -2.30. The van der Waals surface area contributed by atoms with Crippen LogP contribution in [0.15, 0.2) is 61.2 Å². The predicted octanol–water partition coefficient (Wildman–Crippen LogP) is 4.03. The lowest BCUT2D eigenvalue weighted by molar-refractivity contribution is -0.148. The third-order valence-corrected chi connectivity index (χ3v) is 4.96. The van der Waals surface area contributed by atoms with E-state index in [2.05, 4.69) is 20.1 Å². The molecule has 0 aliphatic heterocycles. The standard InChI is InChI=1S/C23H23N5O3/c1-23(2,22(29)30)14-31-18-7-4-15(5-8-18)19-9-6-16(10-24-19)21-25-12-20(27-21)17-11-26-28(3)13-17/h4-13H,14H2,1-3H3,(H,25,27)(H,29,30). The van der Waals surface area contributed by atoms with E-state index < -0.39 is 11.4 Å². The Bertz CT molecular complexity index is 1190. The number of H-pyrrole nitrogens is 1. The Balaban J connectivity index is 1.45. The highest BCUT2D eigenvalue weighted by Gasteiger charge is 2.28. The van der Waals surface area contributed by atoms with Crippen LogP contribution in [0.3, 0.4) is 0 Å². The Hall–Kier alpha value is -3.94. The number of rotatable bonds is 7. The van der Waals surface area contributed by atoms with Gasteiger partial charge in [0, 0.05) is 36.1 Å². The molecule has 0 fully saturated rings. The fraction of sp³-hybridized carbons (Fsp3) is 0.217. The summed E-state index contributed by atoms with van der Waals surface area (Å²) in [6.07, 6.45) is 7.27. The molecule has 2 N–H and O–H groups in total. The van der Waals surface area contributed by atoms with E-state index in [9.17, 15) is 9.90 Å². The van der Waals surface area contributed by atoms with Crippen molar-refractivity contribution in [2.24, 2.45) is 12.5 Å². The van der Waals surface area contributed by atoms with E-state index >= 15 is 0 Å². The van der Waals surface area contributed by atoms with Crippen LogP contribution in [0.25, 0.3) is 33.9 Å². The molecule has 0 amide bonds. The molecule has 0 atom stereocenters. The maximum atomic E-state index is 11.2. The summed E-state index contributed by atoms with van der Waals surface area (Å²) >= 11 is 0. The van der Waals surface area contributed by atoms with Gasteiger partial charge < -0.3 is 14.8 Å². The van der Waals surface area contributed by atoms with Crippen LogP contribution >= 0.6 is 0 Å². The lowest BCUT2D eigenvalue weighted by atomic mass is 9.95.